The summed E-state index contributed by atoms with van der Waals surface area (Å²) in [5, 5.41) is 3.33. The first-order valence-corrected chi connectivity index (χ1v) is 6.05. The van der Waals surface area contributed by atoms with Crippen LogP contribution in [0.2, 0.25) is 0 Å². The van der Waals surface area contributed by atoms with Gasteiger partial charge in [0.05, 0.1) is 11.1 Å². The molecule has 0 aromatic carbocycles. The van der Waals surface area contributed by atoms with Gasteiger partial charge in [0.25, 0.3) is 0 Å². The maximum atomic E-state index is 5.44. The number of rotatable bonds is 6. The highest BCUT2D eigenvalue weighted by atomic mass is 32.1. The van der Waals surface area contributed by atoms with Gasteiger partial charge in [-0.15, -0.1) is 11.3 Å². The SMILES string of the molecule is CNC(Cc1cncs1)CC(C)(C)OC. The van der Waals surface area contributed by atoms with Crippen LogP contribution < -0.4 is 5.32 Å². The van der Waals surface area contributed by atoms with E-state index in [0.29, 0.717) is 6.04 Å². The molecule has 4 heteroatoms. The average molecular weight is 228 g/mol. The van der Waals surface area contributed by atoms with E-state index in [1.165, 1.54) is 4.88 Å². The second-order valence-corrected chi connectivity index (χ2v) is 5.30. The Morgan fingerprint density at radius 3 is 2.80 bits per heavy atom. The molecule has 0 radical (unpaired) electrons. The Balaban J connectivity index is 2.50. The van der Waals surface area contributed by atoms with Gasteiger partial charge in [-0.1, -0.05) is 0 Å². The molecule has 0 aliphatic rings. The molecule has 1 rings (SSSR count). The number of aromatic nitrogens is 1. The second-order valence-electron chi connectivity index (χ2n) is 4.33. The number of nitrogens with one attached hydrogen (secondary N) is 1. The molecule has 0 saturated heterocycles. The van der Waals surface area contributed by atoms with E-state index in [-0.39, 0.29) is 5.60 Å². The van der Waals surface area contributed by atoms with Crippen LogP contribution in [0.1, 0.15) is 25.1 Å². The fourth-order valence-electron chi connectivity index (χ4n) is 1.54. The average Bonchev–Trinajstić information content (AvgIpc) is 2.69. The van der Waals surface area contributed by atoms with Gasteiger partial charge in [-0.3, -0.25) is 4.98 Å². The molecule has 1 N–H and O–H groups in total. The molecule has 1 heterocycles. The smallest absolute Gasteiger partial charge is 0.0794 e. The van der Waals surface area contributed by atoms with Crippen LogP contribution in [0.4, 0.5) is 0 Å². The van der Waals surface area contributed by atoms with Gasteiger partial charge in [-0.25, -0.2) is 0 Å². The molecule has 3 nitrogen and oxygen atoms in total. The van der Waals surface area contributed by atoms with Gasteiger partial charge in [0.1, 0.15) is 0 Å². The van der Waals surface area contributed by atoms with Crippen molar-refractivity contribution in [1.82, 2.24) is 10.3 Å². The monoisotopic (exact) mass is 228 g/mol. The number of methoxy groups -OCH3 is 1. The predicted octanol–water partition coefficient (Wildman–Crippen LogP) is 2.09. The third-order valence-corrected chi connectivity index (χ3v) is 3.43. The van der Waals surface area contributed by atoms with Crippen molar-refractivity contribution >= 4 is 11.3 Å². The summed E-state index contributed by atoms with van der Waals surface area (Å²) in [7, 11) is 3.76. The molecule has 86 valence electrons. The van der Waals surface area contributed by atoms with Crippen molar-refractivity contribution in [2.24, 2.45) is 0 Å². The first-order chi connectivity index (χ1) is 7.07. The van der Waals surface area contributed by atoms with Crippen LogP contribution in [0.25, 0.3) is 0 Å². The minimum Gasteiger partial charge on any atom is -0.379 e. The maximum absolute atomic E-state index is 5.44. The molecular weight excluding hydrogens is 208 g/mol. The molecule has 0 aliphatic heterocycles. The zero-order valence-electron chi connectivity index (χ0n) is 9.91. The van der Waals surface area contributed by atoms with Crippen molar-refractivity contribution in [3.63, 3.8) is 0 Å². The number of thiazole rings is 1. The second kappa shape index (κ2) is 5.58. The summed E-state index contributed by atoms with van der Waals surface area (Å²) in [6.07, 6.45) is 3.96. The zero-order chi connectivity index (χ0) is 11.3. The Bertz CT molecular complexity index is 272. The van der Waals surface area contributed by atoms with E-state index in [2.05, 4.69) is 24.1 Å². The third kappa shape index (κ3) is 4.28. The summed E-state index contributed by atoms with van der Waals surface area (Å²) >= 11 is 1.71. The van der Waals surface area contributed by atoms with Gasteiger partial charge in [0, 0.05) is 24.2 Å². The molecule has 1 aromatic heterocycles. The van der Waals surface area contributed by atoms with E-state index in [9.17, 15) is 0 Å². The molecule has 0 fully saturated rings. The Morgan fingerprint density at radius 1 is 1.60 bits per heavy atom. The molecule has 1 unspecified atom stereocenters. The number of likely N-dealkylation sites (N-methyl/N-ethyl adjacent to an activating group) is 1. The van der Waals surface area contributed by atoms with E-state index in [1.807, 2.05) is 18.8 Å². The normalized spacial score (nSPS) is 14.1. The van der Waals surface area contributed by atoms with Crippen LogP contribution in [-0.2, 0) is 11.2 Å². The first kappa shape index (κ1) is 12.6. The van der Waals surface area contributed by atoms with Gasteiger partial charge in [0.2, 0.25) is 0 Å². The first-order valence-electron chi connectivity index (χ1n) is 5.17. The Morgan fingerprint density at radius 2 is 2.33 bits per heavy atom. The van der Waals surface area contributed by atoms with E-state index >= 15 is 0 Å². The van der Waals surface area contributed by atoms with Crippen molar-refractivity contribution < 1.29 is 4.74 Å². The summed E-state index contributed by atoms with van der Waals surface area (Å²) in [5.41, 5.74) is 1.81. The minimum absolute atomic E-state index is 0.0711. The van der Waals surface area contributed by atoms with Gasteiger partial charge in [-0.05, 0) is 33.7 Å². The number of hydrogen-bond donors (Lipinski definition) is 1. The molecule has 15 heavy (non-hydrogen) atoms. The van der Waals surface area contributed by atoms with Gasteiger partial charge in [-0.2, -0.15) is 0 Å². The maximum Gasteiger partial charge on any atom is 0.0794 e. The van der Waals surface area contributed by atoms with Crippen LogP contribution in [-0.4, -0.2) is 30.8 Å². The standard InChI is InChI=1S/C11H20N2OS/c1-11(2,14-4)6-9(12-3)5-10-7-13-8-15-10/h7-9,12H,5-6H2,1-4H3. The Labute approximate surface area is 95.9 Å². The molecule has 0 amide bonds. The van der Waals surface area contributed by atoms with E-state index in [4.69, 9.17) is 4.74 Å². The molecule has 1 aromatic rings. The van der Waals surface area contributed by atoms with Crippen LogP contribution in [0.3, 0.4) is 0 Å². The van der Waals surface area contributed by atoms with Crippen LogP contribution >= 0.6 is 11.3 Å². The molecule has 0 bridgehead atoms. The number of hydrogen-bond acceptors (Lipinski definition) is 4. The number of ether oxygens (including phenoxy) is 1. The van der Waals surface area contributed by atoms with E-state index in [1.54, 1.807) is 18.4 Å². The fraction of sp³-hybridized carbons (Fsp3) is 0.727. The van der Waals surface area contributed by atoms with Crippen molar-refractivity contribution in [3.8, 4) is 0 Å². The van der Waals surface area contributed by atoms with E-state index < -0.39 is 0 Å². The van der Waals surface area contributed by atoms with Gasteiger partial charge < -0.3 is 10.1 Å². The van der Waals surface area contributed by atoms with Gasteiger partial charge in [0.15, 0.2) is 0 Å². The summed E-state index contributed by atoms with van der Waals surface area (Å²) in [6.45, 7) is 4.23. The third-order valence-electron chi connectivity index (χ3n) is 2.63. The summed E-state index contributed by atoms with van der Waals surface area (Å²) in [6, 6.07) is 0.445. The molecular formula is C11H20N2OS. The minimum atomic E-state index is -0.0711. The van der Waals surface area contributed by atoms with Gasteiger partial charge >= 0.3 is 0 Å². The summed E-state index contributed by atoms with van der Waals surface area (Å²) in [4.78, 5) is 5.41. The fourth-order valence-corrected chi connectivity index (χ4v) is 2.22. The Hall–Kier alpha value is -0.450. The summed E-state index contributed by atoms with van der Waals surface area (Å²) in [5.74, 6) is 0. The lowest BCUT2D eigenvalue weighted by atomic mass is 9.96. The highest BCUT2D eigenvalue weighted by Crippen LogP contribution is 2.19. The quantitative estimate of drug-likeness (QED) is 0.809. The largest absolute Gasteiger partial charge is 0.379 e. The number of nitrogens with zero attached hydrogens (tertiary/aromatic N) is 1. The van der Waals surface area contributed by atoms with Crippen LogP contribution in [0.5, 0.6) is 0 Å². The zero-order valence-corrected chi connectivity index (χ0v) is 10.7. The van der Waals surface area contributed by atoms with Crippen LogP contribution in [0, 0.1) is 0 Å². The lowest BCUT2D eigenvalue weighted by Gasteiger charge is -2.28. The lowest BCUT2D eigenvalue weighted by molar-refractivity contribution is 0.00778. The lowest BCUT2D eigenvalue weighted by Crippen LogP contribution is -2.37. The van der Waals surface area contributed by atoms with Crippen molar-refractivity contribution in [1.29, 1.82) is 0 Å². The van der Waals surface area contributed by atoms with Crippen molar-refractivity contribution in [3.05, 3.63) is 16.6 Å². The topological polar surface area (TPSA) is 34.2 Å². The van der Waals surface area contributed by atoms with E-state index in [0.717, 1.165) is 12.8 Å². The molecule has 1 atom stereocenters. The van der Waals surface area contributed by atoms with Crippen LogP contribution in [0.15, 0.2) is 11.7 Å². The molecule has 0 aliphatic carbocycles. The summed E-state index contributed by atoms with van der Waals surface area (Å²) < 4.78 is 5.44. The van der Waals surface area contributed by atoms with Crippen molar-refractivity contribution in [2.75, 3.05) is 14.2 Å². The Kier molecular flexibility index (Phi) is 4.70. The highest BCUT2D eigenvalue weighted by Gasteiger charge is 2.22. The highest BCUT2D eigenvalue weighted by molar-refractivity contribution is 7.09. The molecule has 0 saturated carbocycles. The molecule has 0 spiro atoms. The van der Waals surface area contributed by atoms with Crippen molar-refractivity contribution in [2.45, 2.75) is 38.3 Å². The predicted molar refractivity (Wildman–Crippen MR) is 64.4 cm³/mol.